The molecule has 0 saturated heterocycles. The summed E-state index contributed by atoms with van der Waals surface area (Å²) < 4.78 is 19.0. The maximum absolute atomic E-state index is 13.2. The topological polar surface area (TPSA) is 25.0 Å². The summed E-state index contributed by atoms with van der Waals surface area (Å²) in [4.78, 5) is 3.06. The average Bonchev–Trinajstić information content (AvgIpc) is 2.72. The molecule has 3 heteroatoms. The number of ether oxygens (including phenoxy) is 1. The second kappa shape index (κ2) is 4.18. The minimum absolute atomic E-state index is 0.267. The van der Waals surface area contributed by atoms with E-state index >= 15 is 0 Å². The fourth-order valence-electron chi connectivity index (χ4n) is 1.96. The molecule has 0 fully saturated rings. The summed E-state index contributed by atoms with van der Waals surface area (Å²) in [5, 5.41) is 0.747. The molecule has 1 heterocycles. The van der Waals surface area contributed by atoms with Crippen molar-refractivity contribution >= 4 is 10.9 Å². The van der Waals surface area contributed by atoms with E-state index in [2.05, 4.69) is 4.98 Å². The van der Waals surface area contributed by atoms with Crippen LogP contribution >= 0.6 is 0 Å². The first kappa shape index (κ1) is 10.8. The molecule has 18 heavy (non-hydrogen) atoms. The van der Waals surface area contributed by atoms with Gasteiger partial charge in [0.15, 0.2) is 5.75 Å². The molecule has 3 aromatic rings. The molecule has 0 spiro atoms. The van der Waals surface area contributed by atoms with Gasteiger partial charge >= 0.3 is 0 Å². The van der Waals surface area contributed by atoms with E-state index < -0.39 is 0 Å². The van der Waals surface area contributed by atoms with E-state index in [0.717, 1.165) is 22.2 Å². The third-order valence-electron chi connectivity index (χ3n) is 2.82. The fourth-order valence-corrected chi connectivity index (χ4v) is 1.96. The number of halogens is 1. The van der Waals surface area contributed by atoms with Gasteiger partial charge in [0.2, 0.25) is 0 Å². The van der Waals surface area contributed by atoms with E-state index in [0.29, 0.717) is 5.75 Å². The van der Waals surface area contributed by atoms with Crippen molar-refractivity contribution in [2.24, 2.45) is 0 Å². The number of aromatic amines is 1. The molecule has 0 amide bonds. The van der Waals surface area contributed by atoms with Gasteiger partial charge in [-0.3, -0.25) is 0 Å². The maximum Gasteiger partial charge on any atom is 0.152 e. The lowest BCUT2D eigenvalue weighted by Gasteiger charge is -2.04. The molecule has 0 bridgehead atoms. The predicted molar refractivity (Wildman–Crippen MR) is 69.5 cm³/mol. The molecular weight excluding hydrogens is 229 g/mol. The third-order valence-corrected chi connectivity index (χ3v) is 2.82. The van der Waals surface area contributed by atoms with Gasteiger partial charge in [0, 0.05) is 17.1 Å². The highest BCUT2D eigenvalue weighted by Gasteiger charge is 2.07. The lowest BCUT2D eigenvalue weighted by molar-refractivity contribution is 0.487. The average molecular weight is 241 g/mol. The van der Waals surface area contributed by atoms with Crippen LogP contribution in [0.25, 0.3) is 10.9 Å². The van der Waals surface area contributed by atoms with E-state index in [9.17, 15) is 4.39 Å². The number of hydrogen-bond donors (Lipinski definition) is 1. The first-order valence-corrected chi connectivity index (χ1v) is 5.73. The van der Waals surface area contributed by atoms with Gasteiger partial charge in [0.05, 0.1) is 0 Å². The van der Waals surface area contributed by atoms with Crippen LogP contribution in [-0.4, -0.2) is 4.98 Å². The summed E-state index contributed by atoms with van der Waals surface area (Å²) in [6.07, 6.45) is 1.74. The zero-order valence-electron chi connectivity index (χ0n) is 9.91. The summed E-state index contributed by atoms with van der Waals surface area (Å²) in [5.74, 6) is 1.12. The van der Waals surface area contributed by atoms with Crippen LogP contribution in [0, 0.1) is 12.7 Å². The molecule has 2 aromatic carbocycles. The predicted octanol–water partition coefficient (Wildman–Crippen LogP) is 4.41. The highest BCUT2D eigenvalue weighted by atomic mass is 19.1. The van der Waals surface area contributed by atoms with Crippen molar-refractivity contribution in [2.45, 2.75) is 6.92 Å². The monoisotopic (exact) mass is 241 g/mol. The van der Waals surface area contributed by atoms with Gasteiger partial charge in [0.25, 0.3) is 0 Å². The van der Waals surface area contributed by atoms with Crippen molar-refractivity contribution in [3.05, 3.63) is 60.0 Å². The van der Waals surface area contributed by atoms with Crippen molar-refractivity contribution in [1.29, 1.82) is 0 Å². The lowest BCUT2D eigenvalue weighted by Crippen LogP contribution is -1.83. The number of fused-ring (bicyclic) bond motifs is 1. The van der Waals surface area contributed by atoms with Crippen molar-refractivity contribution in [2.75, 3.05) is 0 Å². The lowest BCUT2D eigenvalue weighted by atomic mass is 10.2. The zero-order chi connectivity index (χ0) is 12.5. The number of rotatable bonds is 2. The smallest absolute Gasteiger partial charge is 0.152 e. The Morgan fingerprint density at radius 2 is 2.00 bits per heavy atom. The zero-order valence-corrected chi connectivity index (χ0v) is 9.91. The summed E-state index contributed by atoms with van der Waals surface area (Å²) in [7, 11) is 0. The Morgan fingerprint density at radius 3 is 2.83 bits per heavy atom. The van der Waals surface area contributed by atoms with Crippen LogP contribution in [0.1, 0.15) is 5.56 Å². The number of aryl methyl sites for hydroxylation is 1. The Kier molecular flexibility index (Phi) is 2.52. The standard InChI is InChI=1S/C15H12FNO/c1-10-3-2-4-12(7-10)18-15-9-17-14-6-5-11(16)8-13(14)15/h2-9,17H,1H3. The minimum Gasteiger partial charge on any atom is -0.455 e. The summed E-state index contributed by atoms with van der Waals surface area (Å²) in [6, 6.07) is 12.4. The van der Waals surface area contributed by atoms with Gasteiger partial charge in [-0.1, -0.05) is 12.1 Å². The van der Waals surface area contributed by atoms with E-state index in [1.165, 1.54) is 12.1 Å². The molecule has 1 aromatic heterocycles. The first-order valence-electron chi connectivity index (χ1n) is 5.73. The Balaban J connectivity index is 2.02. The number of aromatic nitrogens is 1. The van der Waals surface area contributed by atoms with Gasteiger partial charge < -0.3 is 9.72 Å². The van der Waals surface area contributed by atoms with E-state index in [1.54, 1.807) is 12.3 Å². The van der Waals surface area contributed by atoms with Gasteiger partial charge in [-0.25, -0.2) is 4.39 Å². The second-order valence-corrected chi connectivity index (χ2v) is 4.26. The maximum atomic E-state index is 13.2. The van der Waals surface area contributed by atoms with Crippen molar-refractivity contribution < 1.29 is 9.13 Å². The van der Waals surface area contributed by atoms with Gasteiger partial charge in [-0.15, -0.1) is 0 Å². The number of H-pyrrole nitrogens is 1. The molecule has 1 N–H and O–H groups in total. The van der Waals surface area contributed by atoms with Crippen LogP contribution in [-0.2, 0) is 0 Å². The summed E-state index contributed by atoms with van der Waals surface area (Å²) in [5.41, 5.74) is 1.98. The first-order chi connectivity index (χ1) is 8.72. The Hall–Kier alpha value is -2.29. The van der Waals surface area contributed by atoms with Crippen LogP contribution in [0.3, 0.4) is 0 Å². The van der Waals surface area contributed by atoms with Gasteiger partial charge in [-0.2, -0.15) is 0 Å². The van der Waals surface area contributed by atoms with Crippen molar-refractivity contribution in [3.63, 3.8) is 0 Å². The van der Waals surface area contributed by atoms with E-state index in [1.807, 2.05) is 31.2 Å². The fraction of sp³-hybridized carbons (Fsp3) is 0.0667. The van der Waals surface area contributed by atoms with E-state index in [-0.39, 0.29) is 5.82 Å². The Bertz CT molecular complexity index is 703. The normalized spacial score (nSPS) is 10.8. The second-order valence-electron chi connectivity index (χ2n) is 4.26. The molecule has 2 nitrogen and oxygen atoms in total. The molecule has 0 atom stereocenters. The van der Waals surface area contributed by atoms with Crippen LogP contribution in [0.4, 0.5) is 4.39 Å². The molecule has 0 radical (unpaired) electrons. The Labute approximate surface area is 104 Å². The minimum atomic E-state index is -0.267. The molecule has 0 aliphatic carbocycles. The van der Waals surface area contributed by atoms with Gasteiger partial charge in [0.1, 0.15) is 11.6 Å². The highest BCUT2D eigenvalue weighted by Crippen LogP contribution is 2.30. The third kappa shape index (κ3) is 1.95. The molecule has 0 aliphatic heterocycles. The van der Waals surface area contributed by atoms with E-state index in [4.69, 9.17) is 4.74 Å². The summed E-state index contributed by atoms with van der Waals surface area (Å²) in [6.45, 7) is 2.00. The largest absolute Gasteiger partial charge is 0.455 e. The van der Waals surface area contributed by atoms with Crippen molar-refractivity contribution in [1.82, 2.24) is 4.98 Å². The molecule has 90 valence electrons. The van der Waals surface area contributed by atoms with Crippen LogP contribution < -0.4 is 4.74 Å². The van der Waals surface area contributed by atoms with Gasteiger partial charge in [-0.05, 0) is 42.8 Å². The number of benzene rings is 2. The SMILES string of the molecule is Cc1cccc(Oc2c[nH]c3ccc(F)cc23)c1. The van der Waals surface area contributed by atoms with Crippen LogP contribution in [0.15, 0.2) is 48.7 Å². The number of nitrogens with one attached hydrogen (secondary N) is 1. The molecule has 0 unspecified atom stereocenters. The Morgan fingerprint density at radius 1 is 1.11 bits per heavy atom. The molecule has 0 saturated carbocycles. The molecule has 3 rings (SSSR count). The highest BCUT2D eigenvalue weighted by molar-refractivity contribution is 5.86. The van der Waals surface area contributed by atoms with Crippen LogP contribution in [0.5, 0.6) is 11.5 Å². The molecular formula is C15H12FNO. The van der Waals surface area contributed by atoms with Crippen LogP contribution in [0.2, 0.25) is 0 Å². The summed E-state index contributed by atoms with van der Waals surface area (Å²) >= 11 is 0. The molecule has 0 aliphatic rings. The number of hydrogen-bond acceptors (Lipinski definition) is 1. The quantitative estimate of drug-likeness (QED) is 0.706. The van der Waals surface area contributed by atoms with Crippen molar-refractivity contribution in [3.8, 4) is 11.5 Å².